The molecule has 1 unspecified atom stereocenters. The predicted octanol–water partition coefficient (Wildman–Crippen LogP) is 2.44. The molecule has 0 aliphatic rings. The van der Waals surface area contributed by atoms with Crippen LogP contribution in [0.25, 0.3) is 0 Å². The van der Waals surface area contributed by atoms with Gasteiger partial charge in [0.1, 0.15) is 0 Å². The van der Waals surface area contributed by atoms with Crippen LogP contribution in [0.2, 0.25) is 0 Å². The Morgan fingerprint density at radius 1 is 1.47 bits per heavy atom. The molecule has 15 heavy (non-hydrogen) atoms. The highest BCUT2D eigenvalue weighted by Crippen LogP contribution is 2.20. The number of thiophene rings is 1. The predicted molar refractivity (Wildman–Crippen MR) is 68.3 cm³/mol. The van der Waals surface area contributed by atoms with Crippen molar-refractivity contribution in [2.75, 3.05) is 13.1 Å². The maximum Gasteiger partial charge on any atom is 0.0299 e. The molecule has 0 saturated carbocycles. The van der Waals surface area contributed by atoms with Crippen molar-refractivity contribution in [3.05, 3.63) is 21.4 Å². The van der Waals surface area contributed by atoms with Gasteiger partial charge in [0.25, 0.3) is 0 Å². The summed E-state index contributed by atoms with van der Waals surface area (Å²) in [6, 6.07) is 2.28. The number of nitrogens with two attached hydrogens (primary N) is 1. The molecule has 0 aromatic carbocycles. The van der Waals surface area contributed by atoms with E-state index in [1.165, 1.54) is 21.7 Å². The lowest BCUT2D eigenvalue weighted by molar-refractivity contribution is 0.510. The Morgan fingerprint density at radius 3 is 2.73 bits per heavy atom. The second kappa shape index (κ2) is 6.26. The molecule has 0 aliphatic carbocycles. The maximum absolute atomic E-state index is 5.56. The van der Waals surface area contributed by atoms with E-state index in [1.54, 1.807) is 0 Å². The van der Waals surface area contributed by atoms with E-state index in [0.717, 1.165) is 19.6 Å². The number of aryl methyl sites for hydroxylation is 2. The summed E-state index contributed by atoms with van der Waals surface area (Å²) in [5.74, 6) is 0.629. The van der Waals surface area contributed by atoms with Gasteiger partial charge in [-0.3, -0.25) is 0 Å². The van der Waals surface area contributed by atoms with Gasteiger partial charge in [0.05, 0.1) is 0 Å². The second-order valence-electron chi connectivity index (χ2n) is 4.26. The molecule has 0 bridgehead atoms. The molecule has 1 aromatic heterocycles. The van der Waals surface area contributed by atoms with Crippen molar-refractivity contribution in [3.63, 3.8) is 0 Å². The van der Waals surface area contributed by atoms with Crippen molar-refractivity contribution < 1.29 is 0 Å². The van der Waals surface area contributed by atoms with Crippen LogP contribution in [0, 0.1) is 19.8 Å². The summed E-state index contributed by atoms with van der Waals surface area (Å²) in [6.45, 7) is 9.40. The molecule has 0 spiro atoms. The Hall–Kier alpha value is -0.380. The lowest BCUT2D eigenvalue weighted by atomic mass is 10.1. The van der Waals surface area contributed by atoms with E-state index in [9.17, 15) is 0 Å². The van der Waals surface area contributed by atoms with Crippen LogP contribution in [0.3, 0.4) is 0 Å². The SMILES string of the molecule is Cc1cc(CNCCC(C)CN)sc1C. The van der Waals surface area contributed by atoms with Crippen molar-refractivity contribution in [2.24, 2.45) is 11.7 Å². The fraction of sp³-hybridized carbons (Fsp3) is 0.667. The van der Waals surface area contributed by atoms with E-state index in [0.29, 0.717) is 5.92 Å². The summed E-state index contributed by atoms with van der Waals surface area (Å²) in [6.07, 6.45) is 1.17. The van der Waals surface area contributed by atoms with Gasteiger partial charge >= 0.3 is 0 Å². The third-order valence-corrected chi connectivity index (χ3v) is 3.89. The third-order valence-electron chi connectivity index (χ3n) is 2.73. The van der Waals surface area contributed by atoms with E-state index in [-0.39, 0.29) is 0 Å². The highest BCUT2D eigenvalue weighted by molar-refractivity contribution is 7.12. The van der Waals surface area contributed by atoms with Crippen LogP contribution in [0.5, 0.6) is 0 Å². The van der Waals surface area contributed by atoms with Crippen LogP contribution < -0.4 is 11.1 Å². The van der Waals surface area contributed by atoms with Crippen LogP contribution in [-0.4, -0.2) is 13.1 Å². The Bertz CT molecular complexity index is 274. The number of nitrogens with one attached hydrogen (secondary N) is 1. The van der Waals surface area contributed by atoms with E-state index in [4.69, 9.17) is 5.73 Å². The quantitative estimate of drug-likeness (QED) is 0.731. The molecule has 3 N–H and O–H groups in total. The average Bonchev–Trinajstić information content (AvgIpc) is 2.53. The van der Waals surface area contributed by atoms with Crippen molar-refractivity contribution in [1.82, 2.24) is 5.32 Å². The molecule has 1 aromatic rings. The Balaban J connectivity index is 2.20. The lowest BCUT2D eigenvalue weighted by Crippen LogP contribution is -2.20. The molecule has 0 radical (unpaired) electrons. The molecule has 3 heteroatoms. The minimum Gasteiger partial charge on any atom is -0.330 e. The van der Waals surface area contributed by atoms with E-state index >= 15 is 0 Å². The minimum absolute atomic E-state index is 0.629. The molecule has 2 nitrogen and oxygen atoms in total. The van der Waals surface area contributed by atoms with Crippen molar-refractivity contribution in [3.8, 4) is 0 Å². The van der Waals surface area contributed by atoms with Gasteiger partial charge in [-0.1, -0.05) is 6.92 Å². The van der Waals surface area contributed by atoms with Crippen molar-refractivity contribution in [2.45, 2.75) is 33.7 Å². The van der Waals surface area contributed by atoms with Gasteiger partial charge in [0, 0.05) is 16.3 Å². The highest BCUT2D eigenvalue weighted by atomic mass is 32.1. The van der Waals surface area contributed by atoms with Gasteiger partial charge in [-0.05, 0) is 50.9 Å². The van der Waals surface area contributed by atoms with Gasteiger partial charge in [0.2, 0.25) is 0 Å². The first-order valence-electron chi connectivity index (χ1n) is 5.60. The fourth-order valence-corrected chi connectivity index (χ4v) is 2.44. The topological polar surface area (TPSA) is 38.0 Å². The zero-order valence-electron chi connectivity index (χ0n) is 9.97. The van der Waals surface area contributed by atoms with Crippen LogP contribution in [-0.2, 0) is 6.54 Å². The molecule has 1 rings (SSSR count). The molecular weight excluding hydrogens is 204 g/mol. The summed E-state index contributed by atoms with van der Waals surface area (Å²) >= 11 is 1.89. The van der Waals surface area contributed by atoms with Crippen LogP contribution in [0.15, 0.2) is 6.07 Å². The number of rotatable bonds is 6. The van der Waals surface area contributed by atoms with E-state index < -0.39 is 0 Å². The van der Waals surface area contributed by atoms with E-state index in [1.807, 2.05) is 11.3 Å². The standard InChI is InChI=1S/C12H22N2S/c1-9(7-13)4-5-14-8-12-6-10(2)11(3)15-12/h6,9,14H,4-5,7-8,13H2,1-3H3. The van der Waals surface area contributed by atoms with Crippen LogP contribution in [0.1, 0.15) is 28.7 Å². The van der Waals surface area contributed by atoms with Gasteiger partial charge in [0.15, 0.2) is 0 Å². The Morgan fingerprint density at radius 2 is 2.20 bits per heavy atom. The first kappa shape index (κ1) is 12.7. The van der Waals surface area contributed by atoms with Crippen molar-refractivity contribution in [1.29, 1.82) is 0 Å². The fourth-order valence-electron chi connectivity index (χ4n) is 1.41. The molecule has 0 amide bonds. The van der Waals surface area contributed by atoms with Crippen LogP contribution >= 0.6 is 11.3 Å². The highest BCUT2D eigenvalue weighted by Gasteiger charge is 2.02. The van der Waals surface area contributed by atoms with Gasteiger partial charge in [-0.2, -0.15) is 0 Å². The van der Waals surface area contributed by atoms with Crippen molar-refractivity contribution >= 4 is 11.3 Å². The molecule has 0 aliphatic heterocycles. The molecular formula is C12H22N2S. The number of hydrogen-bond acceptors (Lipinski definition) is 3. The zero-order chi connectivity index (χ0) is 11.3. The van der Waals surface area contributed by atoms with Crippen LogP contribution in [0.4, 0.5) is 0 Å². The summed E-state index contributed by atoms with van der Waals surface area (Å²) < 4.78 is 0. The molecule has 1 heterocycles. The first-order valence-corrected chi connectivity index (χ1v) is 6.41. The largest absolute Gasteiger partial charge is 0.330 e. The summed E-state index contributed by atoms with van der Waals surface area (Å²) in [4.78, 5) is 2.87. The monoisotopic (exact) mass is 226 g/mol. The third kappa shape index (κ3) is 4.33. The average molecular weight is 226 g/mol. The molecule has 86 valence electrons. The van der Waals surface area contributed by atoms with Gasteiger partial charge in [-0.15, -0.1) is 11.3 Å². The smallest absolute Gasteiger partial charge is 0.0299 e. The summed E-state index contributed by atoms with van der Waals surface area (Å²) in [7, 11) is 0. The minimum atomic E-state index is 0.629. The second-order valence-corrected chi connectivity index (χ2v) is 5.60. The maximum atomic E-state index is 5.56. The first-order chi connectivity index (χ1) is 7.13. The molecule has 0 saturated heterocycles. The normalized spacial score (nSPS) is 13.1. The Labute approximate surface area is 96.9 Å². The Kier molecular flexibility index (Phi) is 5.29. The van der Waals surface area contributed by atoms with E-state index in [2.05, 4.69) is 32.2 Å². The summed E-state index contributed by atoms with van der Waals surface area (Å²) in [5.41, 5.74) is 6.97. The van der Waals surface area contributed by atoms with Gasteiger partial charge in [-0.25, -0.2) is 0 Å². The number of hydrogen-bond donors (Lipinski definition) is 2. The molecule has 0 fully saturated rings. The summed E-state index contributed by atoms with van der Waals surface area (Å²) in [5, 5.41) is 3.46. The van der Waals surface area contributed by atoms with Gasteiger partial charge < -0.3 is 11.1 Å². The zero-order valence-corrected chi connectivity index (χ0v) is 10.8. The molecule has 1 atom stereocenters. The lowest BCUT2D eigenvalue weighted by Gasteiger charge is -2.08.